The molecule has 2 unspecified atom stereocenters. The number of aromatic amines is 1. The third kappa shape index (κ3) is 2.16. The summed E-state index contributed by atoms with van der Waals surface area (Å²) in [6.45, 7) is 4.63. The number of sulfonamides is 1. The monoisotopic (exact) mass is 258 g/mol. The molecular weight excluding hydrogens is 240 g/mol. The van der Waals surface area contributed by atoms with Crippen LogP contribution in [0.1, 0.15) is 26.7 Å². The summed E-state index contributed by atoms with van der Waals surface area (Å²) in [5.41, 5.74) is 5.58. The van der Waals surface area contributed by atoms with Crippen molar-refractivity contribution >= 4 is 15.8 Å². The van der Waals surface area contributed by atoms with Crippen LogP contribution in [-0.4, -0.2) is 35.5 Å². The number of nitrogens with two attached hydrogens (primary N) is 1. The minimum atomic E-state index is -3.51. The van der Waals surface area contributed by atoms with E-state index in [4.69, 9.17) is 5.73 Å². The molecule has 0 spiro atoms. The number of piperidine rings is 1. The van der Waals surface area contributed by atoms with E-state index in [2.05, 4.69) is 17.1 Å². The third-order valence-electron chi connectivity index (χ3n) is 3.30. The molecule has 2 heterocycles. The van der Waals surface area contributed by atoms with Gasteiger partial charge in [0, 0.05) is 12.6 Å². The fourth-order valence-corrected chi connectivity index (χ4v) is 4.03. The average molecular weight is 258 g/mol. The predicted octanol–water partition coefficient (Wildman–Crippen LogP) is 0.801. The Kier molecular flexibility index (Phi) is 3.13. The molecule has 1 aliphatic heterocycles. The number of hydrogen-bond acceptors (Lipinski definition) is 4. The van der Waals surface area contributed by atoms with E-state index in [1.807, 2.05) is 6.92 Å². The Hall–Kier alpha value is -1.08. The second-order valence-electron chi connectivity index (χ2n) is 4.74. The first-order valence-electron chi connectivity index (χ1n) is 5.73. The number of H-pyrrole nitrogens is 1. The molecule has 0 aliphatic carbocycles. The average Bonchev–Trinajstić information content (AvgIpc) is 2.64. The van der Waals surface area contributed by atoms with E-state index in [1.54, 1.807) is 0 Å². The van der Waals surface area contributed by atoms with Gasteiger partial charge in [0.05, 0.1) is 6.20 Å². The summed E-state index contributed by atoms with van der Waals surface area (Å²) in [6, 6.07) is 0.0121. The molecule has 1 fully saturated rings. The van der Waals surface area contributed by atoms with Crippen LogP contribution in [0.25, 0.3) is 0 Å². The maximum absolute atomic E-state index is 12.4. The quantitative estimate of drug-likeness (QED) is 0.820. The van der Waals surface area contributed by atoms with Crippen LogP contribution in [0.4, 0.5) is 5.82 Å². The van der Waals surface area contributed by atoms with Crippen LogP contribution in [0, 0.1) is 5.92 Å². The number of aromatic nitrogens is 2. The van der Waals surface area contributed by atoms with Gasteiger partial charge in [0.15, 0.2) is 0 Å². The molecule has 0 radical (unpaired) electrons. The highest BCUT2D eigenvalue weighted by molar-refractivity contribution is 7.89. The smallest absolute Gasteiger partial charge is 0.248 e. The summed E-state index contributed by atoms with van der Waals surface area (Å²) in [5, 5.41) is 6.13. The molecule has 6 nitrogen and oxygen atoms in total. The van der Waals surface area contributed by atoms with Gasteiger partial charge in [-0.15, -0.1) is 0 Å². The van der Waals surface area contributed by atoms with Crippen LogP contribution in [0.5, 0.6) is 0 Å². The fraction of sp³-hybridized carbons (Fsp3) is 0.700. The Morgan fingerprint density at radius 3 is 2.76 bits per heavy atom. The van der Waals surface area contributed by atoms with E-state index in [-0.39, 0.29) is 16.8 Å². The Labute approximate surface area is 101 Å². The first-order valence-corrected chi connectivity index (χ1v) is 7.17. The van der Waals surface area contributed by atoms with Crippen molar-refractivity contribution in [3.8, 4) is 0 Å². The van der Waals surface area contributed by atoms with Crippen molar-refractivity contribution < 1.29 is 8.42 Å². The lowest BCUT2D eigenvalue weighted by molar-refractivity contribution is 0.220. The summed E-state index contributed by atoms with van der Waals surface area (Å²) in [4.78, 5) is 0.0823. The molecule has 1 aromatic rings. The molecule has 7 heteroatoms. The summed E-state index contributed by atoms with van der Waals surface area (Å²) in [5.74, 6) is 0.675. The van der Waals surface area contributed by atoms with Crippen LogP contribution in [-0.2, 0) is 10.0 Å². The Bertz CT molecular complexity index is 496. The maximum Gasteiger partial charge on any atom is 0.248 e. The standard InChI is InChI=1S/C10H18N4O2S/c1-7-3-4-14(8(2)5-7)17(15,16)9-6-12-13-10(9)11/h6-8H,3-5H2,1-2H3,(H3,11,12,13). The van der Waals surface area contributed by atoms with E-state index < -0.39 is 10.0 Å². The van der Waals surface area contributed by atoms with Gasteiger partial charge in [-0.2, -0.15) is 9.40 Å². The van der Waals surface area contributed by atoms with Gasteiger partial charge in [-0.05, 0) is 25.7 Å². The van der Waals surface area contributed by atoms with Crippen molar-refractivity contribution in [3.05, 3.63) is 6.20 Å². The number of nitrogens with one attached hydrogen (secondary N) is 1. The van der Waals surface area contributed by atoms with Crippen molar-refractivity contribution in [1.82, 2.24) is 14.5 Å². The number of nitrogens with zero attached hydrogens (tertiary/aromatic N) is 2. The van der Waals surface area contributed by atoms with Crippen LogP contribution in [0.2, 0.25) is 0 Å². The van der Waals surface area contributed by atoms with Gasteiger partial charge < -0.3 is 5.73 Å². The predicted molar refractivity (Wildman–Crippen MR) is 64.8 cm³/mol. The molecule has 1 aromatic heterocycles. The van der Waals surface area contributed by atoms with Gasteiger partial charge in [-0.1, -0.05) is 6.92 Å². The van der Waals surface area contributed by atoms with Gasteiger partial charge in [-0.25, -0.2) is 8.42 Å². The van der Waals surface area contributed by atoms with Gasteiger partial charge in [0.25, 0.3) is 0 Å². The Morgan fingerprint density at radius 2 is 2.24 bits per heavy atom. The van der Waals surface area contributed by atoms with Crippen molar-refractivity contribution in [3.63, 3.8) is 0 Å². The van der Waals surface area contributed by atoms with Crippen molar-refractivity contribution in [1.29, 1.82) is 0 Å². The summed E-state index contributed by atoms with van der Waals surface area (Å²) >= 11 is 0. The SMILES string of the molecule is CC1CCN(S(=O)(=O)c2cn[nH]c2N)C(C)C1. The van der Waals surface area contributed by atoms with E-state index in [1.165, 1.54) is 10.5 Å². The van der Waals surface area contributed by atoms with E-state index >= 15 is 0 Å². The molecule has 17 heavy (non-hydrogen) atoms. The molecule has 0 saturated carbocycles. The van der Waals surface area contributed by atoms with Crippen LogP contribution < -0.4 is 5.73 Å². The zero-order valence-electron chi connectivity index (χ0n) is 10.0. The second-order valence-corrected chi connectivity index (χ2v) is 6.60. The van der Waals surface area contributed by atoms with E-state index in [9.17, 15) is 8.42 Å². The summed E-state index contributed by atoms with van der Waals surface area (Å²) in [6.07, 6.45) is 3.05. The summed E-state index contributed by atoms with van der Waals surface area (Å²) < 4.78 is 26.3. The summed E-state index contributed by atoms with van der Waals surface area (Å²) in [7, 11) is -3.51. The third-order valence-corrected chi connectivity index (χ3v) is 5.34. The van der Waals surface area contributed by atoms with Gasteiger partial charge in [0.1, 0.15) is 10.7 Å². The fourth-order valence-electron chi connectivity index (χ4n) is 2.36. The molecule has 2 atom stereocenters. The largest absolute Gasteiger partial charge is 0.383 e. The first-order chi connectivity index (χ1) is 7.93. The van der Waals surface area contributed by atoms with Crippen molar-refractivity contribution in [2.24, 2.45) is 5.92 Å². The Balaban J connectivity index is 2.31. The molecule has 1 aliphatic rings. The van der Waals surface area contributed by atoms with Gasteiger partial charge >= 0.3 is 0 Å². The Morgan fingerprint density at radius 1 is 1.53 bits per heavy atom. The highest BCUT2D eigenvalue weighted by Crippen LogP contribution is 2.29. The van der Waals surface area contributed by atoms with Gasteiger partial charge in [-0.3, -0.25) is 5.10 Å². The van der Waals surface area contributed by atoms with Crippen LogP contribution in [0.15, 0.2) is 11.1 Å². The van der Waals surface area contributed by atoms with Gasteiger partial charge in [0.2, 0.25) is 10.0 Å². The zero-order chi connectivity index (χ0) is 12.6. The lowest BCUT2D eigenvalue weighted by atomic mass is 9.95. The lowest BCUT2D eigenvalue weighted by Crippen LogP contribution is -2.44. The van der Waals surface area contributed by atoms with Crippen molar-refractivity contribution in [2.75, 3.05) is 12.3 Å². The molecule has 0 aromatic carbocycles. The van der Waals surface area contributed by atoms with E-state index in [0.29, 0.717) is 12.5 Å². The lowest BCUT2D eigenvalue weighted by Gasteiger charge is -2.35. The highest BCUT2D eigenvalue weighted by atomic mass is 32.2. The minimum absolute atomic E-state index is 0.0121. The first kappa shape index (κ1) is 12.4. The van der Waals surface area contributed by atoms with E-state index in [0.717, 1.165) is 12.8 Å². The number of hydrogen-bond donors (Lipinski definition) is 2. The molecular formula is C10H18N4O2S. The zero-order valence-corrected chi connectivity index (χ0v) is 10.9. The molecule has 1 saturated heterocycles. The molecule has 2 rings (SSSR count). The molecule has 3 N–H and O–H groups in total. The van der Waals surface area contributed by atoms with Crippen molar-refractivity contribution in [2.45, 2.75) is 37.6 Å². The van der Waals surface area contributed by atoms with Crippen LogP contribution in [0.3, 0.4) is 0 Å². The maximum atomic E-state index is 12.4. The highest BCUT2D eigenvalue weighted by Gasteiger charge is 2.34. The minimum Gasteiger partial charge on any atom is -0.383 e. The molecule has 0 amide bonds. The molecule has 96 valence electrons. The topological polar surface area (TPSA) is 92.1 Å². The van der Waals surface area contributed by atoms with Crippen LogP contribution >= 0.6 is 0 Å². The molecule has 0 bridgehead atoms. The number of rotatable bonds is 2. The number of anilines is 1. The normalized spacial score (nSPS) is 27.2. The second kappa shape index (κ2) is 4.30. The number of nitrogen functional groups attached to an aromatic ring is 1.